The Kier molecular flexibility index (Phi) is 2.26. The van der Waals surface area contributed by atoms with Crippen LogP contribution < -0.4 is 5.32 Å². The summed E-state index contributed by atoms with van der Waals surface area (Å²) in [7, 11) is 0. The maximum absolute atomic E-state index is 4.06. The van der Waals surface area contributed by atoms with E-state index >= 15 is 0 Å². The number of rotatable bonds is 4. The number of nitrogens with zero attached hydrogens (tertiary/aromatic N) is 2. The molecule has 1 aromatic rings. The predicted molar refractivity (Wildman–Crippen MR) is 50.3 cm³/mol. The van der Waals surface area contributed by atoms with Crippen molar-refractivity contribution >= 4 is 16.7 Å². The quantitative estimate of drug-likeness (QED) is 0.775. The van der Waals surface area contributed by atoms with Crippen LogP contribution in [0.3, 0.4) is 0 Å². The minimum atomic E-state index is 0.786. The van der Waals surface area contributed by atoms with Crippen molar-refractivity contribution in [1.29, 1.82) is 0 Å². The molecule has 0 bridgehead atoms. The van der Waals surface area contributed by atoms with Crippen molar-refractivity contribution in [2.24, 2.45) is 11.8 Å². The second kappa shape index (κ2) is 3.39. The molecule has 1 N–H and O–H groups in total. The average Bonchev–Trinajstić information content (AvgIpc) is 2.80. The van der Waals surface area contributed by atoms with Crippen molar-refractivity contribution in [2.75, 3.05) is 11.9 Å². The van der Waals surface area contributed by atoms with Crippen LogP contribution in [-0.2, 0) is 0 Å². The van der Waals surface area contributed by atoms with Gasteiger partial charge in [0.2, 0.25) is 5.13 Å². The van der Waals surface area contributed by atoms with Gasteiger partial charge in [-0.2, -0.15) is 4.37 Å². The Hall–Kier alpha value is -0.640. The Morgan fingerprint density at radius 3 is 3.17 bits per heavy atom. The van der Waals surface area contributed by atoms with E-state index < -0.39 is 0 Å². The molecule has 0 amide bonds. The molecule has 4 heteroatoms. The average molecular weight is 183 g/mol. The molecular formula is C8H13N3S. The Morgan fingerprint density at radius 1 is 1.75 bits per heavy atom. The van der Waals surface area contributed by atoms with Crippen molar-refractivity contribution in [1.82, 2.24) is 9.36 Å². The highest BCUT2D eigenvalue weighted by atomic mass is 32.1. The summed E-state index contributed by atoms with van der Waals surface area (Å²) >= 11 is 1.42. The molecule has 0 spiro atoms. The zero-order valence-corrected chi connectivity index (χ0v) is 7.97. The molecule has 66 valence electrons. The Morgan fingerprint density at radius 2 is 2.58 bits per heavy atom. The van der Waals surface area contributed by atoms with Crippen LogP contribution in [0, 0.1) is 11.8 Å². The third kappa shape index (κ3) is 1.94. The molecule has 1 aromatic heterocycles. The largest absolute Gasteiger partial charge is 0.360 e. The summed E-state index contributed by atoms with van der Waals surface area (Å²) in [6, 6.07) is 0. The zero-order valence-electron chi connectivity index (χ0n) is 7.16. The smallest absolute Gasteiger partial charge is 0.202 e. The number of hydrogen-bond donors (Lipinski definition) is 1. The predicted octanol–water partition coefficient (Wildman–Crippen LogP) is 2.00. The molecule has 2 rings (SSSR count). The lowest BCUT2D eigenvalue weighted by molar-refractivity contribution is 0.536. The Balaban J connectivity index is 1.74. The van der Waals surface area contributed by atoms with Gasteiger partial charge in [-0.25, -0.2) is 4.98 Å². The van der Waals surface area contributed by atoms with E-state index in [-0.39, 0.29) is 0 Å². The summed E-state index contributed by atoms with van der Waals surface area (Å²) in [6.45, 7) is 3.34. The third-order valence-electron chi connectivity index (χ3n) is 2.36. The van der Waals surface area contributed by atoms with Crippen LogP contribution in [0.25, 0.3) is 0 Å². The molecule has 1 atom stereocenters. The van der Waals surface area contributed by atoms with Gasteiger partial charge in [-0.15, -0.1) is 0 Å². The highest BCUT2D eigenvalue weighted by Gasteiger charge is 2.27. The molecule has 1 saturated carbocycles. The third-order valence-corrected chi connectivity index (χ3v) is 2.99. The lowest BCUT2D eigenvalue weighted by atomic mass is 10.1. The standard InChI is InChI=1S/C8H13N3S/c1-6(7-2-3-7)4-9-8-10-5-11-12-8/h5-7H,2-4H2,1H3,(H,9,10,11). The molecule has 0 radical (unpaired) electrons. The van der Waals surface area contributed by atoms with Crippen LogP contribution in [0.1, 0.15) is 19.8 Å². The van der Waals surface area contributed by atoms with E-state index in [4.69, 9.17) is 0 Å². The van der Waals surface area contributed by atoms with E-state index in [0.717, 1.165) is 23.5 Å². The van der Waals surface area contributed by atoms with Crippen molar-refractivity contribution in [3.05, 3.63) is 6.33 Å². The normalized spacial score (nSPS) is 19.1. The minimum Gasteiger partial charge on any atom is -0.360 e. The molecule has 1 heterocycles. The van der Waals surface area contributed by atoms with Crippen LogP contribution in [-0.4, -0.2) is 15.9 Å². The van der Waals surface area contributed by atoms with Gasteiger partial charge in [0, 0.05) is 18.1 Å². The van der Waals surface area contributed by atoms with Gasteiger partial charge in [-0.3, -0.25) is 0 Å². The molecule has 0 aliphatic heterocycles. The molecule has 3 nitrogen and oxygen atoms in total. The van der Waals surface area contributed by atoms with Gasteiger partial charge < -0.3 is 5.32 Å². The Bertz CT molecular complexity index is 230. The molecule has 12 heavy (non-hydrogen) atoms. The van der Waals surface area contributed by atoms with Crippen molar-refractivity contribution in [2.45, 2.75) is 19.8 Å². The number of nitrogens with one attached hydrogen (secondary N) is 1. The zero-order chi connectivity index (χ0) is 8.39. The second-order valence-corrected chi connectivity index (χ2v) is 4.22. The SMILES string of the molecule is CC(CNc1ncns1)C1CC1. The van der Waals surface area contributed by atoms with Crippen molar-refractivity contribution in [3.8, 4) is 0 Å². The summed E-state index contributed by atoms with van der Waals surface area (Å²) in [6.07, 6.45) is 4.42. The molecule has 1 aliphatic carbocycles. The fraction of sp³-hybridized carbons (Fsp3) is 0.750. The van der Waals surface area contributed by atoms with Crippen molar-refractivity contribution < 1.29 is 0 Å². The summed E-state index contributed by atoms with van der Waals surface area (Å²) in [4.78, 5) is 4.06. The highest BCUT2D eigenvalue weighted by molar-refractivity contribution is 7.09. The van der Waals surface area contributed by atoms with E-state index in [1.807, 2.05) is 0 Å². The lowest BCUT2D eigenvalue weighted by Crippen LogP contribution is -2.12. The first-order valence-corrected chi connectivity index (χ1v) is 5.14. The lowest BCUT2D eigenvalue weighted by Gasteiger charge is -2.09. The second-order valence-electron chi connectivity index (χ2n) is 3.44. The highest BCUT2D eigenvalue weighted by Crippen LogP contribution is 2.36. The molecule has 1 fully saturated rings. The monoisotopic (exact) mass is 183 g/mol. The molecule has 0 aromatic carbocycles. The molecule has 0 saturated heterocycles. The van der Waals surface area contributed by atoms with Crippen LogP contribution in [0.2, 0.25) is 0 Å². The molecular weight excluding hydrogens is 170 g/mol. The fourth-order valence-corrected chi connectivity index (χ4v) is 1.77. The van der Waals surface area contributed by atoms with E-state index in [0.29, 0.717) is 0 Å². The van der Waals surface area contributed by atoms with E-state index in [9.17, 15) is 0 Å². The summed E-state index contributed by atoms with van der Waals surface area (Å²) in [5, 5.41) is 4.24. The number of hydrogen-bond acceptors (Lipinski definition) is 4. The van der Waals surface area contributed by atoms with Crippen LogP contribution >= 0.6 is 11.5 Å². The summed E-state index contributed by atoms with van der Waals surface area (Å²) < 4.78 is 3.93. The topological polar surface area (TPSA) is 37.8 Å². The van der Waals surface area contributed by atoms with E-state index in [2.05, 4.69) is 21.6 Å². The van der Waals surface area contributed by atoms with Gasteiger partial charge >= 0.3 is 0 Å². The minimum absolute atomic E-state index is 0.786. The van der Waals surface area contributed by atoms with Gasteiger partial charge in [0.05, 0.1) is 0 Å². The van der Waals surface area contributed by atoms with Gasteiger partial charge in [0.1, 0.15) is 6.33 Å². The van der Waals surface area contributed by atoms with E-state index in [1.165, 1.54) is 24.4 Å². The first kappa shape index (κ1) is 7.98. The van der Waals surface area contributed by atoms with Crippen molar-refractivity contribution in [3.63, 3.8) is 0 Å². The first-order valence-electron chi connectivity index (χ1n) is 4.37. The number of aromatic nitrogens is 2. The Labute approximate surface area is 76.4 Å². The van der Waals surface area contributed by atoms with Crippen LogP contribution in [0.15, 0.2) is 6.33 Å². The number of anilines is 1. The maximum atomic E-state index is 4.06. The van der Waals surface area contributed by atoms with Gasteiger partial charge in [-0.1, -0.05) is 6.92 Å². The van der Waals surface area contributed by atoms with Crippen LogP contribution in [0.4, 0.5) is 5.13 Å². The molecule has 1 unspecified atom stereocenters. The van der Waals surface area contributed by atoms with Gasteiger partial charge in [0.25, 0.3) is 0 Å². The fourth-order valence-electron chi connectivity index (χ4n) is 1.33. The van der Waals surface area contributed by atoms with Gasteiger partial charge in [-0.05, 0) is 24.7 Å². The summed E-state index contributed by atoms with van der Waals surface area (Å²) in [5.41, 5.74) is 0. The molecule has 1 aliphatic rings. The maximum Gasteiger partial charge on any atom is 0.202 e. The van der Waals surface area contributed by atoms with E-state index in [1.54, 1.807) is 6.33 Å². The summed E-state index contributed by atoms with van der Waals surface area (Å²) in [5.74, 6) is 1.75. The van der Waals surface area contributed by atoms with Gasteiger partial charge in [0.15, 0.2) is 0 Å². The van der Waals surface area contributed by atoms with Crippen LogP contribution in [0.5, 0.6) is 0 Å². The first-order chi connectivity index (χ1) is 5.86.